The van der Waals surface area contributed by atoms with Gasteiger partial charge in [-0.1, -0.05) is 6.07 Å². The monoisotopic (exact) mass is 329 g/mol. The molecule has 1 aliphatic rings. The molecule has 2 N–H and O–H groups in total. The summed E-state index contributed by atoms with van der Waals surface area (Å²) in [4.78, 5) is 4.27. The molecule has 0 saturated carbocycles. The first-order chi connectivity index (χ1) is 11.6. The fourth-order valence-corrected chi connectivity index (χ4v) is 2.70. The molecule has 0 bridgehead atoms. The molecule has 7 nitrogen and oxygen atoms in total. The average molecular weight is 329 g/mol. The number of guanidine groups is 1. The van der Waals surface area contributed by atoms with Crippen molar-refractivity contribution in [1.82, 2.24) is 20.4 Å². The van der Waals surface area contributed by atoms with Crippen molar-refractivity contribution < 1.29 is 9.47 Å². The molecular formula is C17H23N5O2. The molecule has 2 heterocycles. The number of rotatable bonds is 4. The van der Waals surface area contributed by atoms with E-state index in [1.54, 1.807) is 7.05 Å². The number of aliphatic imine (C=N–C) groups is 1. The van der Waals surface area contributed by atoms with Gasteiger partial charge in [-0.05, 0) is 31.5 Å². The number of nitrogens with one attached hydrogen (secondary N) is 2. The van der Waals surface area contributed by atoms with Crippen molar-refractivity contribution in [2.45, 2.75) is 26.9 Å². The van der Waals surface area contributed by atoms with E-state index >= 15 is 0 Å². The maximum atomic E-state index is 5.40. The van der Waals surface area contributed by atoms with Gasteiger partial charge >= 0.3 is 0 Å². The summed E-state index contributed by atoms with van der Waals surface area (Å²) in [5.41, 5.74) is 4.50. The average Bonchev–Trinajstić information content (AvgIpc) is 3.13. The zero-order valence-electron chi connectivity index (χ0n) is 14.5. The molecule has 3 rings (SSSR count). The van der Waals surface area contributed by atoms with E-state index < -0.39 is 0 Å². The third kappa shape index (κ3) is 3.29. The van der Waals surface area contributed by atoms with Gasteiger partial charge < -0.3 is 20.1 Å². The first kappa shape index (κ1) is 16.2. The van der Waals surface area contributed by atoms with Gasteiger partial charge in [0.05, 0.1) is 5.69 Å². The highest BCUT2D eigenvalue weighted by Crippen LogP contribution is 2.32. The van der Waals surface area contributed by atoms with E-state index in [1.165, 1.54) is 5.56 Å². The molecule has 0 fully saturated rings. The van der Waals surface area contributed by atoms with Gasteiger partial charge in [0.25, 0.3) is 0 Å². The van der Waals surface area contributed by atoms with Gasteiger partial charge in [0.2, 0.25) is 6.79 Å². The van der Waals surface area contributed by atoms with Crippen LogP contribution in [0.15, 0.2) is 23.2 Å². The molecule has 0 unspecified atom stereocenters. The Balaban J connectivity index is 1.57. The molecule has 0 amide bonds. The number of hydrogen-bond acceptors (Lipinski definition) is 4. The Kier molecular flexibility index (Phi) is 4.59. The number of aryl methyl sites for hydroxylation is 2. The molecule has 0 spiro atoms. The number of fused-ring (bicyclic) bond motifs is 1. The highest BCUT2D eigenvalue weighted by molar-refractivity contribution is 5.79. The summed E-state index contributed by atoms with van der Waals surface area (Å²) in [6, 6.07) is 5.93. The highest BCUT2D eigenvalue weighted by Gasteiger charge is 2.13. The Morgan fingerprint density at radius 2 is 1.96 bits per heavy atom. The van der Waals surface area contributed by atoms with Crippen molar-refractivity contribution in [3.8, 4) is 11.5 Å². The van der Waals surface area contributed by atoms with E-state index in [2.05, 4.69) is 27.6 Å². The van der Waals surface area contributed by atoms with Gasteiger partial charge in [-0.2, -0.15) is 5.10 Å². The molecule has 7 heteroatoms. The lowest BCUT2D eigenvalue weighted by molar-refractivity contribution is 0.174. The van der Waals surface area contributed by atoms with Crippen LogP contribution in [0.5, 0.6) is 11.5 Å². The largest absolute Gasteiger partial charge is 0.454 e. The molecule has 24 heavy (non-hydrogen) atoms. The summed E-state index contributed by atoms with van der Waals surface area (Å²) >= 11 is 0. The van der Waals surface area contributed by atoms with E-state index in [-0.39, 0.29) is 0 Å². The Hall–Kier alpha value is -2.70. The fraction of sp³-hybridized carbons (Fsp3) is 0.412. The first-order valence-corrected chi connectivity index (χ1v) is 7.90. The van der Waals surface area contributed by atoms with Crippen LogP contribution in [-0.4, -0.2) is 29.6 Å². The number of aromatic nitrogens is 2. The maximum Gasteiger partial charge on any atom is 0.231 e. The Morgan fingerprint density at radius 1 is 1.21 bits per heavy atom. The van der Waals surface area contributed by atoms with Crippen LogP contribution in [0.3, 0.4) is 0 Å². The van der Waals surface area contributed by atoms with Gasteiger partial charge in [-0.15, -0.1) is 0 Å². The molecule has 2 aromatic rings. The zero-order chi connectivity index (χ0) is 17.1. The van der Waals surface area contributed by atoms with Gasteiger partial charge in [0.1, 0.15) is 0 Å². The van der Waals surface area contributed by atoms with Crippen molar-refractivity contribution in [3.63, 3.8) is 0 Å². The molecule has 0 aliphatic carbocycles. The first-order valence-electron chi connectivity index (χ1n) is 7.90. The Bertz CT molecular complexity index is 767. The molecule has 1 aliphatic heterocycles. The number of ether oxygens (including phenoxy) is 2. The van der Waals surface area contributed by atoms with Crippen molar-refractivity contribution >= 4 is 5.96 Å². The zero-order valence-corrected chi connectivity index (χ0v) is 14.5. The molecule has 0 saturated heterocycles. The lowest BCUT2D eigenvalue weighted by Gasteiger charge is -2.12. The normalized spacial score (nSPS) is 13.2. The van der Waals surface area contributed by atoms with Gasteiger partial charge in [0.15, 0.2) is 17.5 Å². The minimum Gasteiger partial charge on any atom is -0.454 e. The minimum absolute atomic E-state index is 0.291. The predicted octanol–water partition coefficient (Wildman–Crippen LogP) is 1.63. The van der Waals surface area contributed by atoms with E-state index in [9.17, 15) is 0 Å². The summed E-state index contributed by atoms with van der Waals surface area (Å²) in [5, 5.41) is 11.1. The quantitative estimate of drug-likeness (QED) is 0.659. The van der Waals surface area contributed by atoms with Gasteiger partial charge in [-0.25, -0.2) is 0 Å². The van der Waals surface area contributed by atoms with E-state index in [0.717, 1.165) is 34.4 Å². The summed E-state index contributed by atoms with van der Waals surface area (Å²) in [5.74, 6) is 2.33. The molecular weight excluding hydrogens is 306 g/mol. The van der Waals surface area contributed by atoms with Gasteiger partial charge in [-0.3, -0.25) is 9.67 Å². The number of nitrogens with zero attached hydrogens (tertiary/aromatic N) is 3. The van der Waals surface area contributed by atoms with Crippen molar-refractivity contribution in [1.29, 1.82) is 0 Å². The SMILES string of the molecule is CN=C(NCc1ccc2c(c1)OCO2)NCc1c(C)nn(C)c1C. The molecule has 1 aromatic heterocycles. The van der Waals surface area contributed by atoms with Crippen LogP contribution in [0.1, 0.15) is 22.5 Å². The Labute approximate surface area is 141 Å². The van der Waals surface area contributed by atoms with Crippen LogP contribution in [-0.2, 0) is 20.1 Å². The second-order valence-corrected chi connectivity index (χ2v) is 5.74. The lowest BCUT2D eigenvalue weighted by Crippen LogP contribution is -2.36. The van der Waals surface area contributed by atoms with E-state index in [1.807, 2.05) is 36.9 Å². The summed E-state index contributed by atoms with van der Waals surface area (Å²) in [6.45, 7) is 5.72. The van der Waals surface area contributed by atoms with Crippen molar-refractivity contribution in [2.24, 2.45) is 12.0 Å². The minimum atomic E-state index is 0.291. The fourth-order valence-electron chi connectivity index (χ4n) is 2.70. The molecule has 1 aromatic carbocycles. The van der Waals surface area contributed by atoms with Gasteiger partial charge in [0, 0.05) is 38.4 Å². The molecule has 128 valence electrons. The summed E-state index contributed by atoms with van der Waals surface area (Å²) in [6.07, 6.45) is 0. The molecule has 0 atom stereocenters. The number of benzene rings is 1. The lowest BCUT2D eigenvalue weighted by atomic mass is 10.2. The second kappa shape index (κ2) is 6.82. The highest BCUT2D eigenvalue weighted by atomic mass is 16.7. The topological polar surface area (TPSA) is 72.7 Å². The Morgan fingerprint density at radius 3 is 2.67 bits per heavy atom. The van der Waals surface area contributed by atoms with Crippen LogP contribution in [0.25, 0.3) is 0 Å². The van der Waals surface area contributed by atoms with Crippen molar-refractivity contribution in [3.05, 3.63) is 40.7 Å². The van der Waals surface area contributed by atoms with E-state index in [0.29, 0.717) is 19.9 Å². The van der Waals surface area contributed by atoms with E-state index in [4.69, 9.17) is 9.47 Å². The third-order valence-electron chi connectivity index (χ3n) is 4.21. The van der Waals surface area contributed by atoms with Crippen LogP contribution < -0.4 is 20.1 Å². The maximum absolute atomic E-state index is 5.40. The summed E-state index contributed by atoms with van der Waals surface area (Å²) < 4.78 is 12.6. The second-order valence-electron chi connectivity index (χ2n) is 5.74. The molecule has 0 radical (unpaired) electrons. The predicted molar refractivity (Wildman–Crippen MR) is 92.3 cm³/mol. The van der Waals surface area contributed by atoms with Crippen LogP contribution in [0.4, 0.5) is 0 Å². The summed E-state index contributed by atoms with van der Waals surface area (Å²) in [7, 11) is 3.72. The van der Waals surface area contributed by atoms with Crippen LogP contribution in [0.2, 0.25) is 0 Å². The standard InChI is InChI=1S/C17H23N5O2/c1-11-14(12(2)22(4)21-11)9-20-17(18-3)19-8-13-5-6-15-16(7-13)24-10-23-15/h5-7H,8-10H2,1-4H3,(H2,18,19,20). The van der Waals surface area contributed by atoms with Crippen molar-refractivity contribution in [2.75, 3.05) is 13.8 Å². The smallest absolute Gasteiger partial charge is 0.231 e. The third-order valence-corrected chi connectivity index (χ3v) is 4.21. The van der Waals surface area contributed by atoms with Crippen LogP contribution >= 0.6 is 0 Å². The number of hydrogen-bond donors (Lipinski definition) is 2. The van der Waals surface area contributed by atoms with Crippen LogP contribution in [0, 0.1) is 13.8 Å².